The number of H-pyrrole nitrogens is 1. The van der Waals surface area contributed by atoms with Crippen molar-refractivity contribution in [2.75, 3.05) is 0 Å². The lowest BCUT2D eigenvalue weighted by atomic mass is 11.0. The summed E-state index contributed by atoms with van der Waals surface area (Å²) in [4.78, 5) is 27.7. The van der Waals surface area contributed by atoms with Gasteiger partial charge >= 0.3 is 9.14 Å². The average Bonchev–Trinajstić information content (AvgIpc) is 2.07. The monoisotopic (exact) mass is 166 g/mol. The van der Waals surface area contributed by atoms with Crippen LogP contribution in [0.4, 0.5) is 4.11 Å². The number of nitrogens with one attached hydrogen (secondary N) is 1. The number of hydrogen-bond acceptors (Lipinski definition) is 4. The number of halogens is 1. The van der Waals surface area contributed by atoms with Gasteiger partial charge in [-0.15, -0.1) is 0 Å². The fourth-order valence-electron chi connectivity index (χ4n) is 0.215. The fraction of sp³-hybridized carbons (Fsp3) is 0. The zero-order chi connectivity index (χ0) is 8.04. The predicted octanol–water partition coefficient (Wildman–Crippen LogP) is -1.22. The van der Waals surface area contributed by atoms with Gasteiger partial charge in [0.15, 0.2) is 0 Å². The van der Waals surface area contributed by atoms with Crippen LogP contribution in [0.3, 0.4) is 0 Å². The maximum atomic E-state index is 10.5. The summed E-state index contributed by atoms with van der Waals surface area (Å²) in [5.74, 6) is 0. The third kappa shape index (κ3) is 15.7. The van der Waals surface area contributed by atoms with Crippen molar-refractivity contribution in [3.05, 3.63) is 18.7 Å². The van der Waals surface area contributed by atoms with E-state index in [0.717, 1.165) is 0 Å². The predicted molar refractivity (Wildman–Crippen MR) is 32.1 cm³/mol. The highest BCUT2D eigenvalue weighted by molar-refractivity contribution is 6.47. The first-order valence-corrected chi connectivity index (χ1v) is 4.01. The summed E-state index contributed by atoms with van der Waals surface area (Å²) in [5, 5.41) is 0. The molecule has 0 saturated carbocycles. The van der Waals surface area contributed by atoms with Crippen LogP contribution in [0.15, 0.2) is 18.7 Å². The topological polar surface area (TPSA) is 89.4 Å². The molecule has 0 aromatic carbocycles. The van der Waals surface area contributed by atoms with E-state index in [2.05, 4.69) is 9.97 Å². The zero-order valence-electron chi connectivity index (χ0n) is 4.90. The van der Waals surface area contributed by atoms with Crippen LogP contribution in [-0.2, 0) is 0 Å². The fourth-order valence-corrected chi connectivity index (χ4v) is 0.215. The van der Waals surface area contributed by atoms with Crippen molar-refractivity contribution < 1.29 is 18.5 Å². The smallest absolute Gasteiger partial charge is 0.365 e. The summed E-state index contributed by atoms with van der Waals surface area (Å²) in [6.45, 7) is 0. The van der Waals surface area contributed by atoms with E-state index < -0.39 is 9.14 Å². The lowest BCUT2D eigenvalue weighted by Crippen LogP contribution is -2.27. The second-order valence-corrected chi connectivity index (χ2v) is 2.42. The molecule has 0 aliphatic carbocycles. The second kappa shape index (κ2) is 4.12. The Balaban J connectivity index is 0.000000162. The molecule has 0 radical (unpaired) electrons. The number of aromatic nitrogens is 2. The van der Waals surface area contributed by atoms with Crippen molar-refractivity contribution in [2.24, 2.45) is 0 Å². The number of rotatable bonds is 0. The van der Waals surface area contributed by atoms with Crippen LogP contribution in [0.2, 0.25) is 0 Å². The highest BCUT2D eigenvalue weighted by atomic mass is 28.4. The Morgan fingerprint density at radius 1 is 1.40 bits per heavy atom. The maximum absolute atomic E-state index is 10.5. The molecule has 0 atom stereocenters. The van der Waals surface area contributed by atoms with Gasteiger partial charge in [-0.25, -0.2) is 9.09 Å². The largest absolute Gasteiger partial charge is 0.711 e. The molecular weight excluding hydrogens is 159 g/mol. The van der Waals surface area contributed by atoms with Gasteiger partial charge in [0.1, 0.15) is 0 Å². The van der Waals surface area contributed by atoms with Gasteiger partial charge in [-0.3, -0.25) is 0 Å². The second-order valence-electron chi connectivity index (χ2n) is 1.31. The van der Waals surface area contributed by atoms with Gasteiger partial charge in [-0.1, -0.05) is 0 Å². The van der Waals surface area contributed by atoms with Crippen molar-refractivity contribution in [1.82, 2.24) is 9.97 Å². The van der Waals surface area contributed by atoms with E-state index in [1.54, 1.807) is 18.7 Å². The van der Waals surface area contributed by atoms with E-state index in [9.17, 15) is 4.11 Å². The minimum atomic E-state index is -5.11. The Kier molecular flexibility index (Phi) is 3.80. The summed E-state index contributed by atoms with van der Waals surface area (Å²) >= 11 is 0. The van der Waals surface area contributed by atoms with E-state index in [1.165, 1.54) is 0 Å². The maximum Gasteiger partial charge on any atom is 0.711 e. The van der Waals surface area contributed by atoms with Crippen molar-refractivity contribution in [3.8, 4) is 0 Å². The summed E-state index contributed by atoms with van der Waals surface area (Å²) in [6.07, 6.45) is 5.08. The number of aromatic amines is 1. The molecule has 0 unspecified atom stereocenters. The summed E-state index contributed by atoms with van der Waals surface area (Å²) in [5.41, 5.74) is 0. The molecule has 0 bridgehead atoms. The Morgan fingerprint density at radius 3 is 2.00 bits per heavy atom. The molecule has 1 aromatic rings. The third-order valence-electron chi connectivity index (χ3n) is 0.406. The third-order valence-corrected chi connectivity index (χ3v) is 0.406. The molecule has 10 heavy (non-hydrogen) atoms. The Bertz CT molecular complexity index is 128. The average molecular weight is 166 g/mol. The van der Waals surface area contributed by atoms with Gasteiger partial charge in [0.05, 0.1) is 6.33 Å². The molecule has 5 nitrogen and oxygen atoms in total. The van der Waals surface area contributed by atoms with Crippen LogP contribution in [0.25, 0.3) is 0 Å². The molecule has 1 rings (SSSR count). The molecule has 0 amide bonds. The van der Waals surface area contributed by atoms with Crippen molar-refractivity contribution in [3.63, 3.8) is 0 Å². The van der Waals surface area contributed by atoms with E-state index in [-0.39, 0.29) is 0 Å². The number of imidazole rings is 1. The molecule has 7 heteroatoms. The molecule has 1 aromatic heterocycles. The summed E-state index contributed by atoms with van der Waals surface area (Å²) < 4.78 is 10.5. The molecule has 1 heterocycles. The van der Waals surface area contributed by atoms with Gasteiger partial charge in [0.25, 0.3) is 0 Å². The molecule has 0 aliphatic rings. The van der Waals surface area contributed by atoms with Gasteiger partial charge in [0, 0.05) is 12.4 Å². The van der Waals surface area contributed by atoms with Crippen molar-refractivity contribution in [2.45, 2.75) is 0 Å². The summed E-state index contributed by atoms with van der Waals surface area (Å²) in [7, 11) is -5.11. The van der Waals surface area contributed by atoms with Crippen LogP contribution >= 0.6 is 0 Å². The molecule has 0 saturated heterocycles. The highest BCUT2D eigenvalue weighted by Crippen LogP contribution is 1.79. The lowest BCUT2D eigenvalue weighted by molar-refractivity contribution is 0.165. The molecular formula is C3H7FN2O3Si. The van der Waals surface area contributed by atoms with Gasteiger partial charge in [-0.2, -0.15) is 0 Å². The first kappa shape index (κ1) is 9.24. The SMILES string of the molecule is O[Si](O)(O)F.c1c[nH]cn1. The molecule has 0 spiro atoms. The number of nitrogens with zero attached hydrogens (tertiary/aromatic N) is 1. The molecule has 0 aliphatic heterocycles. The van der Waals surface area contributed by atoms with Crippen LogP contribution in [0.1, 0.15) is 0 Å². The minimum Gasteiger partial charge on any atom is -0.365 e. The van der Waals surface area contributed by atoms with Gasteiger partial charge < -0.3 is 19.4 Å². The summed E-state index contributed by atoms with van der Waals surface area (Å²) in [6, 6.07) is 0. The van der Waals surface area contributed by atoms with E-state index in [1.807, 2.05) is 0 Å². The molecule has 4 N–H and O–H groups in total. The van der Waals surface area contributed by atoms with Crippen molar-refractivity contribution >= 4 is 9.14 Å². The van der Waals surface area contributed by atoms with Crippen LogP contribution in [-0.4, -0.2) is 33.5 Å². The Hall–Kier alpha value is -0.763. The van der Waals surface area contributed by atoms with E-state index in [4.69, 9.17) is 14.4 Å². The Labute approximate surface area is 57.3 Å². The van der Waals surface area contributed by atoms with Crippen LogP contribution < -0.4 is 0 Å². The van der Waals surface area contributed by atoms with Gasteiger partial charge in [-0.05, 0) is 0 Å². The Morgan fingerprint density at radius 2 is 1.90 bits per heavy atom. The van der Waals surface area contributed by atoms with E-state index in [0.29, 0.717) is 0 Å². The molecule has 0 fully saturated rings. The van der Waals surface area contributed by atoms with Crippen LogP contribution in [0.5, 0.6) is 0 Å². The number of hydrogen-bond donors (Lipinski definition) is 4. The lowest BCUT2D eigenvalue weighted by Gasteiger charge is -1.87. The van der Waals surface area contributed by atoms with E-state index >= 15 is 0 Å². The quantitative estimate of drug-likeness (QED) is 0.287. The standard InChI is InChI=1S/C3H4N2.FH3O3Si/c1-2-5-3-4-1;1-5(2,3)4/h1-3H,(H,4,5);2-4H. The van der Waals surface area contributed by atoms with Crippen molar-refractivity contribution in [1.29, 1.82) is 0 Å². The van der Waals surface area contributed by atoms with Crippen LogP contribution in [0, 0.1) is 0 Å². The normalized spacial score (nSPS) is 10.0. The first-order valence-electron chi connectivity index (χ1n) is 2.29. The first-order chi connectivity index (χ1) is 4.50. The van der Waals surface area contributed by atoms with Gasteiger partial charge in [0.2, 0.25) is 0 Å². The zero-order valence-corrected chi connectivity index (χ0v) is 5.90. The minimum absolute atomic E-state index is 1.62. The highest BCUT2D eigenvalue weighted by Gasteiger charge is 2.26. The molecule has 58 valence electrons.